The molecule has 1 aliphatic rings. The molecule has 0 aliphatic carbocycles. The summed E-state index contributed by atoms with van der Waals surface area (Å²) in [7, 11) is 0. The van der Waals surface area contributed by atoms with E-state index in [0.29, 0.717) is 12.0 Å². The van der Waals surface area contributed by atoms with Crippen LogP contribution in [0.5, 0.6) is 0 Å². The predicted molar refractivity (Wildman–Crippen MR) is 73.7 cm³/mol. The van der Waals surface area contributed by atoms with Gasteiger partial charge in [0.05, 0.1) is 17.6 Å². The summed E-state index contributed by atoms with van der Waals surface area (Å²) in [5.41, 5.74) is 1.67. The van der Waals surface area contributed by atoms with Crippen LogP contribution in [0.25, 0.3) is 5.00 Å². The minimum absolute atomic E-state index is 0.0944. The first-order valence-electron chi connectivity index (χ1n) is 6.09. The number of aromatic nitrogens is 1. The molecule has 0 radical (unpaired) electrons. The van der Waals surface area contributed by atoms with Gasteiger partial charge >= 0.3 is 0 Å². The lowest BCUT2D eigenvalue weighted by molar-refractivity contribution is 0.0936. The molecule has 2 aromatic rings. The van der Waals surface area contributed by atoms with Gasteiger partial charge in [-0.3, -0.25) is 4.79 Å². The molecule has 2 atom stereocenters. The Labute approximate surface area is 114 Å². The molecular weight excluding hydrogens is 262 g/mol. The summed E-state index contributed by atoms with van der Waals surface area (Å²) < 4.78 is 2.01. The van der Waals surface area contributed by atoms with E-state index < -0.39 is 0 Å². The fraction of sp³-hybridized carbons (Fsp3) is 0.308. The zero-order chi connectivity index (χ0) is 13.4. The Morgan fingerprint density at radius 2 is 2.37 bits per heavy atom. The zero-order valence-electron chi connectivity index (χ0n) is 10.4. The number of nitrogens with one attached hydrogen (secondary N) is 1. The molecule has 3 rings (SSSR count). The molecule has 0 aromatic carbocycles. The van der Waals surface area contributed by atoms with Crippen LogP contribution < -0.4 is 5.32 Å². The summed E-state index contributed by atoms with van der Waals surface area (Å²) in [6, 6.07) is 5.22. The van der Waals surface area contributed by atoms with Gasteiger partial charge in [0.25, 0.3) is 5.91 Å². The van der Waals surface area contributed by atoms with Gasteiger partial charge in [-0.05, 0) is 36.9 Å². The van der Waals surface area contributed by atoms with E-state index in [1.54, 1.807) is 6.92 Å². The molecule has 0 spiro atoms. The number of fused-ring (bicyclic) bond motifs is 3. The first-order valence-corrected chi connectivity index (χ1v) is 6.97. The third-order valence-electron chi connectivity index (χ3n) is 3.31. The van der Waals surface area contributed by atoms with Crippen LogP contribution in [0, 0.1) is 4.91 Å². The second kappa shape index (κ2) is 4.62. The van der Waals surface area contributed by atoms with Crippen molar-refractivity contribution in [1.29, 1.82) is 0 Å². The molecule has 5 nitrogen and oxygen atoms in total. The van der Waals surface area contributed by atoms with Crippen LogP contribution in [-0.2, 0) is 0 Å². The van der Waals surface area contributed by atoms with Crippen LogP contribution in [0.2, 0.25) is 0 Å². The van der Waals surface area contributed by atoms with Gasteiger partial charge in [-0.1, -0.05) is 5.18 Å². The highest BCUT2D eigenvalue weighted by Gasteiger charge is 2.28. The van der Waals surface area contributed by atoms with Crippen molar-refractivity contribution < 1.29 is 4.79 Å². The Bertz CT molecular complexity index is 631. The Morgan fingerprint density at radius 1 is 1.53 bits per heavy atom. The molecule has 0 bridgehead atoms. The van der Waals surface area contributed by atoms with E-state index in [0.717, 1.165) is 10.7 Å². The number of hydrogen-bond donors (Lipinski definition) is 1. The first kappa shape index (κ1) is 12.1. The zero-order valence-corrected chi connectivity index (χ0v) is 11.2. The third-order valence-corrected chi connectivity index (χ3v) is 4.22. The number of carbonyl (C=O) groups excluding carboxylic acids is 1. The van der Waals surface area contributed by atoms with Crippen molar-refractivity contribution in [2.45, 2.75) is 25.4 Å². The van der Waals surface area contributed by atoms with Crippen molar-refractivity contribution in [3.63, 3.8) is 0 Å². The number of thiophene rings is 1. The maximum Gasteiger partial charge on any atom is 0.254 e. The van der Waals surface area contributed by atoms with Gasteiger partial charge in [0.1, 0.15) is 5.00 Å². The highest BCUT2D eigenvalue weighted by Crippen LogP contribution is 2.32. The fourth-order valence-electron chi connectivity index (χ4n) is 2.40. The molecule has 19 heavy (non-hydrogen) atoms. The number of nitroso groups, excluding NO2 is 1. The van der Waals surface area contributed by atoms with E-state index in [1.165, 1.54) is 11.3 Å². The van der Waals surface area contributed by atoms with E-state index in [2.05, 4.69) is 10.5 Å². The second-order valence-corrected chi connectivity index (χ2v) is 5.55. The molecule has 6 heteroatoms. The van der Waals surface area contributed by atoms with E-state index in [4.69, 9.17) is 0 Å². The molecule has 0 saturated carbocycles. The Hall–Kier alpha value is -1.95. The standard InChI is InChI=1S/C13H13N3O2S/c1-8(15-18)7-10-11-3-2-5-16(11)13-9(4-6-19-13)12(17)14-10/h2-6,8,10H,7H2,1H3,(H,14,17). The van der Waals surface area contributed by atoms with Crippen LogP contribution >= 0.6 is 11.3 Å². The average molecular weight is 275 g/mol. The SMILES string of the molecule is CC(CC1NC(=O)c2ccsc2-n2cccc21)N=O. The molecule has 0 fully saturated rings. The van der Waals surface area contributed by atoms with Gasteiger partial charge in [-0.2, -0.15) is 4.91 Å². The smallest absolute Gasteiger partial charge is 0.254 e. The summed E-state index contributed by atoms with van der Waals surface area (Å²) in [5, 5.41) is 8.83. The summed E-state index contributed by atoms with van der Waals surface area (Å²) >= 11 is 1.53. The number of nitrogens with zero attached hydrogens (tertiary/aromatic N) is 2. The topological polar surface area (TPSA) is 63.5 Å². The van der Waals surface area contributed by atoms with Crippen LogP contribution in [-0.4, -0.2) is 16.5 Å². The minimum Gasteiger partial charge on any atom is -0.344 e. The van der Waals surface area contributed by atoms with Gasteiger partial charge < -0.3 is 9.88 Å². The van der Waals surface area contributed by atoms with Crippen molar-refractivity contribution in [3.05, 3.63) is 45.9 Å². The van der Waals surface area contributed by atoms with E-state index >= 15 is 0 Å². The number of hydrogen-bond acceptors (Lipinski definition) is 4. The number of rotatable bonds is 3. The maximum absolute atomic E-state index is 12.2. The Kier molecular flexibility index (Phi) is 2.94. The number of carbonyl (C=O) groups is 1. The van der Waals surface area contributed by atoms with Gasteiger partial charge in [-0.15, -0.1) is 11.3 Å². The van der Waals surface area contributed by atoms with Crippen molar-refractivity contribution in [3.8, 4) is 5.00 Å². The summed E-state index contributed by atoms with van der Waals surface area (Å²) in [4.78, 5) is 22.8. The highest BCUT2D eigenvalue weighted by atomic mass is 32.1. The first-order chi connectivity index (χ1) is 9.20. The summed E-state index contributed by atoms with van der Waals surface area (Å²) in [5.74, 6) is -0.0944. The number of amides is 1. The average Bonchev–Trinajstić information content (AvgIpc) is 3.03. The lowest BCUT2D eigenvalue weighted by atomic mass is 10.1. The molecule has 1 amide bonds. The minimum atomic E-state index is -0.329. The predicted octanol–water partition coefficient (Wildman–Crippen LogP) is 2.87. The lowest BCUT2D eigenvalue weighted by Gasteiger charge is -2.18. The quantitative estimate of drug-likeness (QED) is 0.875. The van der Waals surface area contributed by atoms with Crippen LogP contribution in [0.1, 0.15) is 35.4 Å². The molecule has 2 aromatic heterocycles. The molecule has 3 heterocycles. The molecule has 0 saturated heterocycles. The normalized spacial score (nSPS) is 19.0. The molecule has 98 valence electrons. The van der Waals surface area contributed by atoms with Gasteiger partial charge in [0.15, 0.2) is 0 Å². The van der Waals surface area contributed by atoms with Gasteiger partial charge in [0, 0.05) is 11.9 Å². The fourth-order valence-corrected chi connectivity index (χ4v) is 3.30. The van der Waals surface area contributed by atoms with E-state index in [1.807, 2.05) is 34.3 Å². The Morgan fingerprint density at radius 3 is 3.16 bits per heavy atom. The lowest BCUT2D eigenvalue weighted by Crippen LogP contribution is -2.29. The molecular formula is C13H13N3O2S. The second-order valence-electron chi connectivity index (χ2n) is 4.66. The Balaban J connectivity index is 2.06. The van der Waals surface area contributed by atoms with Gasteiger partial charge in [-0.25, -0.2) is 0 Å². The van der Waals surface area contributed by atoms with Crippen molar-refractivity contribution in [2.24, 2.45) is 5.18 Å². The molecule has 1 N–H and O–H groups in total. The van der Waals surface area contributed by atoms with Crippen molar-refractivity contribution in [2.75, 3.05) is 0 Å². The highest BCUT2D eigenvalue weighted by molar-refractivity contribution is 7.13. The summed E-state index contributed by atoms with van der Waals surface area (Å²) in [6.45, 7) is 1.76. The van der Waals surface area contributed by atoms with Crippen molar-refractivity contribution in [1.82, 2.24) is 9.88 Å². The van der Waals surface area contributed by atoms with Crippen LogP contribution in [0.4, 0.5) is 0 Å². The molecule has 1 aliphatic heterocycles. The maximum atomic E-state index is 12.2. The van der Waals surface area contributed by atoms with Gasteiger partial charge in [0.2, 0.25) is 0 Å². The third kappa shape index (κ3) is 1.98. The largest absolute Gasteiger partial charge is 0.344 e. The molecule has 2 unspecified atom stereocenters. The summed E-state index contributed by atoms with van der Waals surface area (Å²) in [6.07, 6.45) is 2.45. The van der Waals surface area contributed by atoms with E-state index in [-0.39, 0.29) is 18.0 Å². The van der Waals surface area contributed by atoms with Crippen molar-refractivity contribution >= 4 is 17.2 Å². The monoisotopic (exact) mass is 275 g/mol. The van der Waals surface area contributed by atoms with E-state index in [9.17, 15) is 9.70 Å². The van der Waals surface area contributed by atoms with Crippen LogP contribution in [0.3, 0.4) is 0 Å². The van der Waals surface area contributed by atoms with Crippen LogP contribution in [0.15, 0.2) is 35.0 Å².